The largest absolute Gasteiger partial charge is 0.357 e. The molecular formula is C20H28N6. The molecule has 2 aromatic rings. The number of likely N-dealkylation sites (tertiary alicyclic amines) is 1. The molecule has 0 amide bonds. The second-order valence-electron chi connectivity index (χ2n) is 7.41. The van der Waals surface area contributed by atoms with E-state index in [1.807, 2.05) is 6.07 Å². The van der Waals surface area contributed by atoms with Crippen molar-refractivity contribution in [2.75, 3.05) is 19.6 Å². The zero-order chi connectivity index (χ0) is 17.8. The van der Waals surface area contributed by atoms with E-state index in [0.29, 0.717) is 6.54 Å². The summed E-state index contributed by atoms with van der Waals surface area (Å²) < 4.78 is 0. The molecule has 6 heteroatoms. The topological polar surface area (TPSA) is 69.2 Å². The molecule has 1 aromatic carbocycles. The minimum Gasteiger partial charge on any atom is -0.357 e. The summed E-state index contributed by atoms with van der Waals surface area (Å²) in [5, 5.41) is 10.3. The van der Waals surface area contributed by atoms with Crippen LogP contribution in [0.3, 0.4) is 0 Å². The fourth-order valence-corrected chi connectivity index (χ4v) is 4.33. The summed E-state index contributed by atoms with van der Waals surface area (Å²) in [4.78, 5) is 11.6. The van der Waals surface area contributed by atoms with Crippen LogP contribution in [-0.4, -0.2) is 45.7 Å². The maximum absolute atomic E-state index is 4.93. The van der Waals surface area contributed by atoms with Crippen LogP contribution in [0.1, 0.15) is 38.2 Å². The molecule has 26 heavy (non-hydrogen) atoms. The highest BCUT2D eigenvalue weighted by molar-refractivity contribution is 5.80. The third kappa shape index (κ3) is 3.74. The van der Waals surface area contributed by atoms with Crippen LogP contribution in [0, 0.1) is 11.8 Å². The summed E-state index contributed by atoms with van der Waals surface area (Å²) in [5.74, 6) is 3.59. The smallest absolute Gasteiger partial charge is 0.194 e. The van der Waals surface area contributed by atoms with Crippen molar-refractivity contribution in [3.63, 3.8) is 0 Å². The van der Waals surface area contributed by atoms with E-state index in [1.54, 1.807) is 0 Å². The zero-order valence-corrected chi connectivity index (χ0v) is 15.5. The van der Waals surface area contributed by atoms with Gasteiger partial charge >= 0.3 is 0 Å². The lowest BCUT2D eigenvalue weighted by molar-refractivity contribution is 0.299. The van der Waals surface area contributed by atoms with E-state index in [4.69, 9.17) is 4.99 Å². The van der Waals surface area contributed by atoms with Gasteiger partial charge in [0.25, 0.3) is 0 Å². The maximum Gasteiger partial charge on any atom is 0.194 e. The minimum absolute atomic E-state index is 0.677. The van der Waals surface area contributed by atoms with Crippen LogP contribution in [0.2, 0.25) is 0 Å². The number of aromatic nitrogens is 3. The first-order valence-electron chi connectivity index (χ1n) is 9.81. The van der Waals surface area contributed by atoms with E-state index in [9.17, 15) is 0 Å². The van der Waals surface area contributed by atoms with Crippen molar-refractivity contribution in [2.45, 2.75) is 39.2 Å². The highest BCUT2D eigenvalue weighted by atomic mass is 15.3. The number of hydrogen-bond acceptors (Lipinski definition) is 3. The lowest BCUT2D eigenvalue weighted by Gasteiger charge is -2.22. The Morgan fingerprint density at radius 2 is 2.08 bits per heavy atom. The average Bonchev–Trinajstić information content (AvgIpc) is 3.34. The van der Waals surface area contributed by atoms with Gasteiger partial charge in [0, 0.05) is 25.2 Å². The second kappa shape index (κ2) is 7.89. The lowest BCUT2D eigenvalue weighted by atomic mass is 9.82. The van der Waals surface area contributed by atoms with Gasteiger partial charge in [-0.05, 0) is 43.2 Å². The molecule has 1 aliphatic heterocycles. The average molecular weight is 352 g/mol. The van der Waals surface area contributed by atoms with Gasteiger partial charge in [0.05, 0.1) is 6.54 Å². The van der Waals surface area contributed by atoms with Gasteiger partial charge in [0.1, 0.15) is 6.33 Å². The Kier molecular flexibility index (Phi) is 5.18. The van der Waals surface area contributed by atoms with Crippen molar-refractivity contribution in [2.24, 2.45) is 16.8 Å². The summed E-state index contributed by atoms with van der Waals surface area (Å²) >= 11 is 0. The van der Waals surface area contributed by atoms with Gasteiger partial charge in [-0.3, -0.25) is 5.10 Å². The van der Waals surface area contributed by atoms with E-state index < -0.39 is 0 Å². The molecule has 2 aliphatic rings. The van der Waals surface area contributed by atoms with Crippen LogP contribution < -0.4 is 5.32 Å². The minimum atomic E-state index is 0.677. The van der Waals surface area contributed by atoms with Crippen molar-refractivity contribution < 1.29 is 0 Å². The summed E-state index contributed by atoms with van der Waals surface area (Å²) in [5.41, 5.74) is 2.23. The summed E-state index contributed by atoms with van der Waals surface area (Å²) in [7, 11) is 0. The predicted molar refractivity (Wildman–Crippen MR) is 104 cm³/mol. The number of H-pyrrole nitrogens is 1. The van der Waals surface area contributed by atoms with Crippen molar-refractivity contribution in [1.82, 2.24) is 25.4 Å². The highest BCUT2D eigenvalue weighted by Crippen LogP contribution is 2.36. The summed E-state index contributed by atoms with van der Waals surface area (Å²) in [6, 6.07) is 8.36. The van der Waals surface area contributed by atoms with Crippen molar-refractivity contribution in [1.29, 1.82) is 0 Å². The quantitative estimate of drug-likeness (QED) is 0.655. The number of nitrogens with one attached hydrogen (secondary N) is 2. The van der Waals surface area contributed by atoms with Gasteiger partial charge in [-0.2, -0.15) is 5.10 Å². The fraction of sp³-hybridized carbons (Fsp3) is 0.550. The maximum atomic E-state index is 4.93. The molecule has 2 atom stereocenters. The Hall–Kier alpha value is -2.37. The van der Waals surface area contributed by atoms with Crippen LogP contribution in [0.15, 0.2) is 35.6 Å². The lowest BCUT2D eigenvalue weighted by Crippen LogP contribution is -2.40. The number of hydrogen-bond donors (Lipinski definition) is 2. The Balaban J connectivity index is 1.47. The molecule has 1 aromatic heterocycles. The van der Waals surface area contributed by atoms with Gasteiger partial charge in [-0.25, -0.2) is 9.98 Å². The molecule has 2 unspecified atom stereocenters. The van der Waals surface area contributed by atoms with Gasteiger partial charge in [0.15, 0.2) is 11.8 Å². The van der Waals surface area contributed by atoms with Crippen LogP contribution >= 0.6 is 0 Å². The van der Waals surface area contributed by atoms with Crippen LogP contribution in [-0.2, 0) is 6.54 Å². The SMILES string of the molecule is CCNC(=NCc1cccc(-c2ncn[nH]2)c1)N1CC2CCCCC2C1. The van der Waals surface area contributed by atoms with Gasteiger partial charge in [0.2, 0.25) is 0 Å². The van der Waals surface area contributed by atoms with Gasteiger partial charge < -0.3 is 10.2 Å². The Bertz CT molecular complexity index is 725. The van der Waals surface area contributed by atoms with Crippen LogP contribution in [0.5, 0.6) is 0 Å². The number of rotatable bonds is 4. The number of guanidine groups is 1. The molecule has 6 nitrogen and oxygen atoms in total. The van der Waals surface area contributed by atoms with Gasteiger partial charge in [-0.1, -0.05) is 31.0 Å². The first kappa shape index (κ1) is 17.1. The molecule has 1 aliphatic carbocycles. The molecule has 4 rings (SSSR count). The van der Waals surface area contributed by atoms with Crippen molar-refractivity contribution >= 4 is 5.96 Å². The van der Waals surface area contributed by atoms with E-state index in [1.165, 1.54) is 37.6 Å². The number of aromatic amines is 1. The molecule has 2 fully saturated rings. The first-order chi connectivity index (χ1) is 12.8. The Labute approximate surface area is 155 Å². The number of aliphatic imine (C=N–C) groups is 1. The van der Waals surface area contributed by atoms with Crippen LogP contribution in [0.25, 0.3) is 11.4 Å². The first-order valence-corrected chi connectivity index (χ1v) is 9.81. The molecule has 0 spiro atoms. The molecule has 1 saturated heterocycles. The molecule has 2 heterocycles. The van der Waals surface area contributed by atoms with Crippen molar-refractivity contribution in [3.05, 3.63) is 36.2 Å². The summed E-state index contributed by atoms with van der Waals surface area (Å²) in [6.07, 6.45) is 7.12. The molecular weight excluding hydrogens is 324 g/mol. The molecule has 2 N–H and O–H groups in total. The van der Waals surface area contributed by atoms with Crippen LogP contribution in [0.4, 0.5) is 0 Å². The second-order valence-corrected chi connectivity index (χ2v) is 7.41. The molecule has 138 valence electrons. The Morgan fingerprint density at radius 1 is 1.27 bits per heavy atom. The predicted octanol–water partition coefficient (Wildman–Crippen LogP) is 3.06. The highest BCUT2D eigenvalue weighted by Gasteiger charge is 2.35. The van der Waals surface area contributed by atoms with E-state index in [2.05, 4.69) is 50.5 Å². The molecule has 0 bridgehead atoms. The third-order valence-electron chi connectivity index (χ3n) is 5.64. The van der Waals surface area contributed by atoms with E-state index in [0.717, 1.165) is 48.8 Å². The third-order valence-corrected chi connectivity index (χ3v) is 5.64. The number of benzene rings is 1. The van der Waals surface area contributed by atoms with E-state index >= 15 is 0 Å². The number of fused-ring (bicyclic) bond motifs is 1. The zero-order valence-electron chi connectivity index (χ0n) is 15.5. The molecule has 0 radical (unpaired) electrons. The summed E-state index contributed by atoms with van der Waals surface area (Å²) in [6.45, 7) is 6.05. The fourth-order valence-electron chi connectivity index (χ4n) is 4.33. The Morgan fingerprint density at radius 3 is 2.77 bits per heavy atom. The number of nitrogens with zero attached hydrogens (tertiary/aromatic N) is 4. The van der Waals surface area contributed by atoms with Crippen molar-refractivity contribution in [3.8, 4) is 11.4 Å². The normalized spacial score (nSPS) is 23.1. The standard InChI is InChI=1S/C20H28N6/c1-2-21-20(26-12-17-7-3-4-8-18(17)13-26)22-11-15-6-5-9-16(10-15)19-23-14-24-25-19/h5-6,9-10,14,17-18H,2-4,7-8,11-13H2,1H3,(H,21,22)(H,23,24,25). The van der Waals surface area contributed by atoms with E-state index in [-0.39, 0.29) is 0 Å². The van der Waals surface area contributed by atoms with Gasteiger partial charge in [-0.15, -0.1) is 0 Å². The molecule has 1 saturated carbocycles. The monoisotopic (exact) mass is 352 g/mol.